The topological polar surface area (TPSA) is 115 Å². The van der Waals surface area contributed by atoms with Crippen LogP contribution in [0.1, 0.15) is 11.4 Å². The number of fused-ring (bicyclic) bond motifs is 1. The summed E-state index contributed by atoms with van der Waals surface area (Å²) < 4.78 is 61.6. The number of benzene rings is 2. The van der Waals surface area contributed by atoms with E-state index in [0.29, 0.717) is 10.9 Å². The monoisotopic (exact) mass is 456 g/mol. The number of alkyl halides is 3. The summed E-state index contributed by atoms with van der Waals surface area (Å²) in [6, 6.07) is 11.9. The highest BCUT2D eigenvalue weighted by molar-refractivity contribution is 8.00. The fraction of sp³-hybridized carbons (Fsp3) is 0.167. The third-order valence-electron chi connectivity index (χ3n) is 3.90. The molecule has 12 heteroatoms. The van der Waals surface area contributed by atoms with E-state index < -0.39 is 27.9 Å². The van der Waals surface area contributed by atoms with Gasteiger partial charge in [-0.2, -0.15) is 13.2 Å². The van der Waals surface area contributed by atoms with Gasteiger partial charge in [-0.3, -0.25) is 4.79 Å². The maximum Gasteiger partial charge on any atom is 0.451 e. The Hall–Kier alpha value is -2.70. The van der Waals surface area contributed by atoms with Gasteiger partial charge in [0.25, 0.3) is 0 Å². The van der Waals surface area contributed by atoms with Crippen LogP contribution in [0.3, 0.4) is 0 Å². The number of hydrogen-bond acceptors (Lipinski definition) is 6. The zero-order chi connectivity index (χ0) is 21.9. The van der Waals surface area contributed by atoms with Crippen molar-refractivity contribution in [2.45, 2.75) is 22.6 Å². The Balaban J connectivity index is 1.66. The van der Waals surface area contributed by atoms with Gasteiger partial charge in [0, 0.05) is 11.9 Å². The third-order valence-corrected chi connectivity index (χ3v) is 5.82. The van der Waals surface area contributed by atoms with E-state index in [1.807, 2.05) is 0 Å². The number of halogens is 3. The number of primary sulfonamides is 1. The van der Waals surface area contributed by atoms with E-state index >= 15 is 0 Å². The Labute approximate surface area is 174 Å². The Morgan fingerprint density at radius 3 is 2.37 bits per heavy atom. The molecule has 0 bridgehead atoms. The minimum absolute atomic E-state index is 0.0516. The van der Waals surface area contributed by atoms with Gasteiger partial charge in [0.1, 0.15) is 5.03 Å². The average molecular weight is 456 g/mol. The largest absolute Gasteiger partial charge is 0.451 e. The number of carbonyl (C=O) groups is 1. The number of carbonyl (C=O) groups excluding carboxylic acids is 1. The molecule has 3 N–H and O–H groups in total. The lowest BCUT2D eigenvalue weighted by molar-refractivity contribution is -0.145. The van der Waals surface area contributed by atoms with Gasteiger partial charge in [-0.25, -0.2) is 23.5 Å². The molecule has 2 aromatic carbocycles. The lowest BCUT2D eigenvalue weighted by atomic mass is 10.2. The Morgan fingerprint density at radius 1 is 1.07 bits per heavy atom. The fourth-order valence-corrected chi connectivity index (χ4v) is 3.83. The number of para-hydroxylation sites is 1. The summed E-state index contributed by atoms with van der Waals surface area (Å²) in [6.07, 6.45) is -4.70. The number of nitrogens with one attached hydrogen (secondary N) is 1. The lowest BCUT2D eigenvalue weighted by Gasteiger charge is -2.10. The standard InChI is InChI=1S/C18H15F3N4O3S2/c19-18(20,21)17-24-14-4-2-1-3-13(14)16(25-17)29-10-15(26)23-9-11-5-7-12(8-6-11)30(22,27)28/h1-8H,9-10H2,(H,23,26)(H2,22,27,28). The number of sulfonamides is 1. The molecule has 0 saturated heterocycles. The molecule has 158 valence electrons. The van der Waals surface area contributed by atoms with Gasteiger partial charge in [-0.1, -0.05) is 42.1 Å². The molecular weight excluding hydrogens is 441 g/mol. The Morgan fingerprint density at radius 2 is 1.73 bits per heavy atom. The highest BCUT2D eigenvalue weighted by atomic mass is 32.2. The van der Waals surface area contributed by atoms with Crippen LogP contribution >= 0.6 is 11.8 Å². The summed E-state index contributed by atoms with van der Waals surface area (Å²) in [5, 5.41) is 8.11. The summed E-state index contributed by atoms with van der Waals surface area (Å²) >= 11 is 0.870. The third kappa shape index (κ3) is 5.46. The highest BCUT2D eigenvalue weighted by Gasteiger charge is 2.35. The molecule has 0 aliphatic rings. The molecule has 1 heterocycles. The van der Waals surface area contributed by atoms with Crippen molar-refractivity contribution in [1.29, 1.82) is 0 Å². The molecule has 1 aromatic heterocycles. The van der Waals surface area contributed by atoms with Crippen molar-refractivity contribution in [3.8, 4) is 0 Å². The average Bonchev–Trinajstić information content (AvgIpc) is 2.69. The van der Waals surface area contributed by atoms with E-state index in [1.54, 1.807) is 18.2 Å². The molecule has 0 spiro atoms. The van der Waals surface area contributed by atoms with Crippen molar-refractivity contribution >= 4 is 38.6 Å². The molecule has 0 saturated carbocycles. The molecule has 3 rings (SSSR count). The van der Waals surface area contributed by atoms with Crippen LogP contribution < -0.4 is 10.5 Å². The quantitative estimate of drug-likeness (QED) is 0.435. The first-order valence-corrected chi connectivity index (χ1v) is 10.9. The minimum Gasteiger partial charge on any atom is -0.351 e. The van der Waals surface area contributed by atoms with Gasteiger partial charge < -0.3 is 5.32 Å². The van der Waals surface area contributed by atoms with Crippen LogP contribution in [0.5, 0.6) is 0 Å². The van der Waals surface area contributed by atoms with Crippen LogP contribution in [0.4, 0.5) is 13.2 Å². The molecule has 7 nitrogen and oxygen atoms in total. The molecule has 3 aromatic rings. The number of thioether (sulfide) groups is 1. The summed E-state index contributed by atoms with van der Waals surface area (Å²) in [6.45, 7) is 0.114. The van der Waals surface area contributed by atoms with E-state index in [2.05, 4.69) is 15.3 Å². The van der Waals surface area contributed by atoms with Crippen molar-refractivity contribution in [2.24, 2.45) is 5.14 Å². The number of nitrogens with two attached hydrogens (primary N) is 1. The zero-order valence-electron chi connectivity index (χ0n) is 15.2. The second kappa shape index (κ2) is 8.58. The highest BCUT2D eigenvalue weighted by Crippen LogP contribution is 2.31. The van der Waals surface area contributed by atoms with Crippen molar-refractivity contribution in [3.05, 3.63) is 59.9 Å². The first kappa shape index (κ1) is 22.0. The van der Waals surface area contributed by atoms with E-state index in [-0.39, 0.29) is 27.7 Å². The van der Waals surface area contributed by atoms with Gasteiger partial charge in [0.15, 0.2) is 0 Å². The van der Waals surface area contributed by atoms with Crippen LogP contribution in [0.15, 0.2) is 58.5 Å². The first-order valence-electron chi connectivity index (χ1n) is 8.39. The summed E-state index contributed by atoms with van der Waals surface area (Å²) in [7, 11) is -3.81. The number of hydrogen-bond donors (Lipinski definition) is 2. The van der Waals surface area contributed by atoms with Crippen LogP contribution in [-0.4, -0.2) is 30.0 Å². The smallest absolute Gasteiger partial charge is 0.351 e. The van der Waals surface area contributed by atoms with Crippen molar-refractivity contribution < 1.29 is 26.4 Å². The normalized spacial score (nSPS) is 12.1. The summed E-state index contributed by atoms with van der Waals surface area (Å²) in [5.41, 5.74) is 0.769. The van der Waals surface area contributed by atoms with Crippen LogP contribution in [0.25, 0.3) is 10.9 Å². The second-order valence-electron chi connectivity index (χ2n) is 6.12. The summed E-state index contributed by atoms with van der Waals surface area (Å²) in [5.74, 6) is -1.85. The number of aromatic nitrogens is 2. The number of nitrogens with zero attached hydrogens (tertiary/aromatic N) is 2. The molecule has 0 radical (unpaired) electrons. The first-order chi connectivity index (χ1) is 14.0. The molecule has 30 heavy (non-hydrogen) atoms. The van der Waals surface area contributed by atoms with Gasteiger partial charge in [0.2, 0.25) is 21.8 Å². The van der Waals surface area contributed by atoms with Crippen LogP contribution in [-0.2, 0) is 27.5 Å². The second-order valence-corrected chi connectivity index (χ2v) is 8.65. The summed E-state index contributed by atoms with van der Waals surface area (Å²) in [4.78, 5) is 19.2. The van der Waals surface area contributed by atoms with E-state index in [9.17, 15) is 26.4 Å². The van der Waals surface area contributed by atoms with Crippen molar-refractivity contribution in [2.75, 3.05) is 5.75 Å². The van der Waals surface area contributed by atoms with Gasteiger partial charge in [0.05, 0.1) is 16.2 Å². The zero-order valence-corrected chi connectivity index (χ0v) is 16.8. The van der Waals surface area contributed by atoms with Crippen molar-refractivity contribution in [1.82, 2.24) is 15.3 Å². The SMILES string of the molecule is NS(=O)(=O)c1ccc(CNC(=O)CSc2nc(C(F)(F)F)nc3ccccc23)cc1. The maximum atomic E-state index is 13.0. The number of amides is 1. The Bertz CT molecular complexity index is 1180. The minimum atomic E-state index is -4.70. The van der Waals surface area contributed by atoms with Gasteiger partial charge in [-0.15, -0.1) is 0 Å². The Kier molecular flexibility index (Phi) is 6.29. The molecule has 0 aliphatic heterocycles. The maximum absolute atomic E-state index is 13.0. The molecule has 0 fully saturated rings. The number of rotatable bonds is 6. The van der Waals surface area contributed by atoms with Gasteiger partial charge in [-0.05, 0) is 23.8 Å². The van der Waals surface area contributed by atoms with Crippen LogP contribution in [0, 0.1) is 0 Å². The molecule has 0 aliphatic carbocycles. The molecular formula is C18H15F3N4O3S2. The molecule has 1 amide bonds. The van der Waals surface area contributed by atoms with Gasteiger partial charge >= 0.3 is 6.18 Å². The fourth-order valence-electron chi connectivity index (χ4n) is 2.47. The van der Waals surface area contributed by atoms with E-state index in [4.69, 9.17) is 5.14 Å². The van der Waals surface area contributed by atoms with E-state index in [0.717, 1.165) is 11.8 Å². The predicted molar refractivity (Wildman–Crippen MR) is 105 cm³/mol. The van der Waals surface area contributed by atoms with Crippen molar-refractivity contribution in [3.63, 3.8) is 0 Å². The van der Waals surface area contributed by atoms with Crippen LogP contribution in [0.2, 0.25) is 0 Å². The molecule has 0 atom stereocenters. The lowest BCUT2D eigenvalue weighted by Crippen LogP contribution is -2.24. The molecule has 0 unspecified atom stereocenters. The van der Waals surface area contributed by atoms with E-state index in [1.165, 1.54) is 30.3 Å². The predicted octanol–water partition coefficient (Wildman–Crippen LogP) is 2.70.